The fourth-order valence-corrected chi connectivity index (χ4v) is 4.46. The Bertz CT molecular complexity index is 1090. The molecule has 0 bridgehead atoms. The van der Waals surface area contributed by atoms with Gasteiger partial charge in [0, 0.05) is 49.1 Å². The lowest BCUT2D eigenvalue weighted by molar-refractivity contribution is -0.137. The van der Waals surface area contributed by atoms with E-state index in [1.807, 2.05) is 23.6 Å². The van der Waals surface area contributed by atoms with Gasteiger partial charge in [0.15, 0.2) is 0 Å². The second-order valence-electron chi connectivity index (χ2n) is 7.62. The number of carboxylic acid groups (broad SMARTS) is 1. The minimum atomic E-state index is -1.07. The lowest BCUT2D eigenvalue weighted by Crippen LogP contribution is -2.44. The van der Waals surface area contributed by atoms with E-state index in [4.69, 9.17) is 9.84 Å². The summed E-state index contributed by atoms with van der Waals surface area (Å²) in [4.78, 5) is 29.4. The lowest BCUT2D eigenvalue weighted by Gasteiger charge is -2.27. The van der Waals surface area contributed by atoms with E-state index in [0.29, 0.717) is 12.3 Å². The maximum Gasteiger partial charge on any atom is 0.322 e. The van der Waals surface area contributed by atoms with Crippen molar-refractivity contribution in [2.45, 2.75) is 6.42 Å². The number of carbonyl (C=O) groups excluding carboxylic acids is 1. The molecule has 0 radical (unpaired) electrons. The molecular formula is C23H26N4O4S. The molecule has 1 saturated heterocycles. The number of aliphatic carboxylic acids is 1. The van der Waals surface area contributed by atoms with Gasteiger partial charge in [-0.05, 0) is 17.5 Å². The number of thiazole rings is 1. The highest BCUT2D eigenvalue weighted by Crippen LogP contribution is 2.32. The van der Waals surface area contributed by atoms with Crippen LogP contribution < -0.4 is 15.4 Å². The van der Waals surface area contributed by atoms with E-state index >= 15 is 0 Å². The molecule has 0 atom stereocenters. The van der Waals surface area contributed by atoms with E-state index in [1.165, 1.54) is 11.3 Å². The molecular weight excluding hydrogens is 428 g/mol. The van der Waals surface area contributed by atoms with Crippen LogP contribution in [-0.4, -0.2) is 72.7 Å². The van der Waals surface area contributed by atoms with Gasteiger partial charge >= 0.3 is 5.97 Å². The molecule has 0 aliphatic carbocycles. The number of aromatic nitrogens is 1. The van der Waals surface area contributed by atoms with E-state index in [1.54, 1.807) is 0 Å². The number of piperazine rings is 1. The lowest BCUT2D eigenvalue weighted by atomic mass is 10.1. The average Bonchev–Trinajstić information content (AvgIpc) is 3.26. The summed E-state index contributed by atoms with van der Waals surface area (Å²) in [6.45, 7) is 5.28. The summed E-state index contributed by atoms with van der Waals surface area (Å²) in [7, 11) is 0. The molecule has 1 amide bonds. The predicted octanol–water partition coefficient (Wildman–Crippen LogP) is 1.99. The first-order valence-electron chi connectivity index (χ1n) is 10.6. The van der Waals surface area contributed by atoms with Crippen molar-refractivity contribution >= 4 is 34.0 Å². The van der Waals surface area contributed by atoms with Crippen LogP contribution >= 0.6 is 11.3 Å². The third-order valence-corrected chi connectivity index (χ3v) is 6.23. The SMILES string of the molecule is O=C(O)CNC(=O)Cc1csc(-c2ccc3cccc(OCCN4CCNCC4)c3c2)n1. The van der Waals surface area contributed by atoms with Gasteiger partial charge in [-0.2, -0.15) is 0 Å². The summed E-state index contributed by atoms with van der Waals surface area (Å²) in [5.74, 6) is -0.577. The van der Waals surface area contributed by atoms with Crippen molar-refractivity contribution in [3.63, 3.8) is 0 Å². The Morgan fingerprint density at radius 3 is 2.88 bits per heavy atom. The summed E-state index contributed by atoms with van der Waals surface area (Å²) in [6.07, 6.45) is 0.0533. The standard InChI is InChI=1S/C23H26N4O4S/c28-21(25-14-22(29)30)13-18-15-32-23(26-18)17-5-4-16-2-1-3-20(19(16)12-17)31-11-10-27-8-6-24-7-9-27/h1-5,12,15,24H,6-11,13-14H2,(H,25,28)(H,29,30). The second kappa shape index (κ2) is 10.5. The van der Waals surface area contributed by atoms with Crippen molar-refractivity contribution in [2.24, 2.45) is 0 Å². The van der Waals surface area contributed by atoms with Gasteiger partial charge in [0.2, 0.25) is 5.91 Å². The molecule has 2 aromatic carbocycles. The van der Waals surface area contributed by atoms with Crippen LogP contribution in [0.4, 0.5) is 0 Å². The maximum atomic E-state index is 11.9. The molecule has 168 valence electrons. The Labute approximate surface area is 190 Å². The highest BCUT2D eigenvalue weighted by atomic mass is 32.1. The number of hydrogen-bond acceptors (Lipinski definition) is 7. The topological polar surface area (TPSA) is 104 Å². The van der Waals surface area contributed by atoms with Crippen molar-refractivity contribution in [1.29, 1.82) is 0 Å². The van der Waals surface area contributed by atoms with Crippen molar-refractivity contribution in [3.05, 3.63) is 47.5 Å². The maximum absolute atomic E-state index is 11.9. The van der Waals surface area contributed by atoms with Crippen LogP contribution in [-0.2, 0) is 16.0 Å². The van der Waals surface area contributed by atoms with E-state index in [9.17, 15) is 9.59 Å². The van der Waals surface area contributed by atoms with Gasteiger partial charge in [-0.15, -0.1) is 11.3 Å². The third kappa shape index (κ3) is 5.82. The molecule has 3 N–H and O–H groups in total. The van der Waals surface area contributed by atoms with Gasteiger partial charge in [-0.25, -0.2) is 4.98 Å². The normalized spacial score (nSPS) is 14.4. The van der Waals surface area contributed by atoms with Crippen LogP contribution in [0, 0.1) is 0 Å². The summed E-state index contributed by atoms with van der Waals surface area (Å²) in [5, 5.41) is 19.1. The molecule has 8 nitrogen and oxygen atoms in total. The molecule has 1 fully saturated rings. The van der Waals surface area contributed by atoms with Gasteiger partial charge in [0.05, 0.1) is 12.1 Å². The molecule has 1 aromatic heterocycles. The Morgan fingerprint density at radius 2 is 2.06 bits per heavy atom. The monoisotopic (exact) mass is 454 g/mol. The summed E-state index contributed by atoms with van der Waals surface area (Å²) in [5.41, 5.74) is 1.58. The molecule has 4 rings (SSSR count). The van der Waals surface area contributed by atoms with Crippen molar-refractivity contribution in [3.8, 4) is 16.3 Å². The zero-order valence-electron chi connectivity index (χ0n) is 17.7. The van der Waals surface area contributed by atoms with E-state index < -0.39 is 12.5 Å². The van der Waals surface area contributed by atoms with Gasteiger partial charge in [-0.3, -0.25) is 14.5 Å². The number of amides is 1. The Balaban J connectivity index is 1.44. The number of carbonyl (C=O) groups is 2. The number of hydrogen-bond donors (Lipinski definition) is 3. The van der Waals surface area contributed by atoms with Crippen molar-refractivity contribution < 1.29 is 19.4 Å². The molecule has 32 heavy (non-hydrogen) atoms. The second-order valence-corrected chi connectivity index (χ2v) is 8.48. The van der Waals surface area contributed by atoms with Crippen molar-refractivity contribution in [1.82, 2.24) is 20.5 Å². The average molecular weight is 455 g/mol. The highest BCUT2D eigenvalue weighted by molar-refractivity contribution is 7.13. The number of benzene rings is 2. The van der Waals surface area contributed by atoms with Crippen LogP contribution in [0.5, 0.6) is 5.75 Å². The minimum Gasteiger partial charge on any atom is -0.492 e. The molecule has 0 saturated carbocycles. The quantitative estimate of drug-likeness (QED) is 0.454. The molecule has 9 heteroatoms. The predicted molar refractivity (Wildman–Crippen MR) is 124 cm³/mol. The largest absolute Gasteiger partial charge is 0.492 e. The first kappa shape index (κ1) is 22.2. The molecule has 3 aromatic rings. The summed E-state index contributed by atoms with van der Waals surface area (Å²) < 4.78 is 6.14. The van der Waals surface area contributed by atoms with Crippen LogP contribution in [0.1, 0.15) is 5.69 Å². The fourth-order valence-electron chi connectivity index (χ4n) is 3.64. The van der Waals surface area contributed by atoms with Crippen LogP contribution in [0.25, 0.3) is 21.3 Å². The first-order valence-corrected chi connectivity index (χ1v) is 11.5. The van der Waals surface area contributed by atoms with Gasteiger partial charge in [-0.1, -0.05) is 24.3 Å². The Hall–Kier alpha value is -3.01. The number of nitrogens with zero attached hydrogens (tertiary/aromatic N) is 2. The van der Waals surface area contributed by atoms with Gasteiger partial charge in [0.25, 0.3) is 0 Å². The zero-order chi connectivity index (χ0) is 22.3. The number of fused-ring (bicyclic) bond motifs is 1. The van der Waals surface area contributed by atoms with Gasteiger partial charge in [0.1, 0.15) is 23.9 Å². The van der Waals surface area contributed by atoms with Crippen LogP contribution in [0.3, 0.4) is 0 Å². The zero-order valence-corrected chi connectivity index (χ0v) is 18.5. The third-order valence-electron chi connectivity index (χ3n) is 5.29. The molecule has 0 spiro atoms. The van der Waals surface area contributed by atoms with E-state index in [-0.39, 0.29) is 12.3 Å². The highest BCUT2D eigenvalue weighted by Gasteiger charge is 2.13. The first-order chi connectivity index (χ1) is 15.6. The molecule has 1 aliphatic rings. The summed E-state index contributed by atoms with van der Waals surface area (Å²) >= 11 is 1.46. The Morgan fingerprint density at radius 1 is 1.22 bits per heavy atom. The fraction of sp³-hybridized carbons (Fsp3) is 0.348. The number of ether oxygens (including phenoxy) is 1. The number of nitrogens with one attached hydrogen (secondary N) is 2. The molecule has 2 heterocycles. The smallest absolute Gasteiger partial charge is 0.322 e. The molecule has 1 aliphatic heterocycles. The summed E-state index contributed by atoms with van der Waals surface area (Å²) in [6, 6.07) is 12.2. The van der Waals surface area contributed by atoms with Gasteiger partial charge < -0.3 is 20.5 Å². The van der Waals surface area contributed by atoms with E-state index in [0.717, 1.165) is 59.8 Å². The minimum absolute atomic E-state index is 0.0533. The number of carboxylic acids is 1. The van der Waals surface area contributed by atoms with E-state index in [2.05, 4.69) is 38.7 Å². The number of rotatable bonds is 9. The van der Waals surface area contributed by atoms with Crippen LogP contribution in [0.15, 0.2) is 41.8 Å². The Kier molecular flexibility index (Phi) is 7.31. The molecule has 0 unspecified atom stereocenters. The van der Waals surface area contributed by atoms with Crippen molar-refractivity contribution in [2.75, 3.05) is 45.9 Å². The van der Waals surface area contributed by atoms with Crippen LogP contribution in [0.2, 0.25) is 0 Å².